The molecular formula is C11H20ClN5O. The first-order valence-electron chi connectivity index (χ1n) is 5.89. The summed E-state index contributed by atoms with van der Waals surface area (Å²) < 4.78 is 0. The zero-order valence-corrected chi connectivity index (χ0v) is 12.0. The fourth-order valence-corrected chi connectivity index (χ4v) is 1.67. The second kappa shape index (κ2) is 6.15. The van der Waals surface area contributed by atoms with Crippen molar-refractivity contribution in [1.82, 2.24) is 15.0 Å². The van der Waals surface area contributed by atoms with E-state index < -0.39 is 5.60 Å². The average Bonchev–Trinajstić information content (AvgIpc) is 2.26. The third-order valence-corrected chi connectivity index (χ3v) is 2.58. The van der Waals surface area contributed by atoms with Crippen LogP contribution in [0.4, 0.5) is 11.9 Å². The molecule has 1 atom stereocenters. The number of halogens is 1. The molecule has 0 aromatic carbocycles. The Morgan fingerprint density at radius 3 is 2.56 bits per heavy atom. The lowest BCUT2D eigenvalue weighted by atomic mass is 10.0. The van der Waals surface area contributed by atoms with E-state index >= 15 is 0 Å². The molecule has 6 nitrogen and oxygen atoms in total. The van der Waals surface area contributed by atoms with E-state index in [1.54, 1.807) is 11.8 Å². The van der Waals surface area contributed by atoms with Gasteiger partial charge in [0, 0.05) is 20.6 Å². The molecule has 0 radical (unpaired) electrons. The molecule has 0 spiro atoms. The number of anilines is 2. The zero-order chi connectivity index (χ0) is 13.8. The van der Waals surface area contributed by atoms with Crippen LogP contribution in [0.25, 0.3) is 0 Å². The molecule has 1 rings (SSSR count). The van der Waals surface area contributed by atoms with E-state index in [2.05, 4.69) is 20.3 Å². The lowest BCUT2D eigenvalue weighted by molar-refractivity contribution is 0.0635. The molecule has 1 unspecified atom stereocenters. The van der Waals surface area contributed by atoms with Crippen molar-refractivity contribution >= 4 is 23.5 Å². The first-order valence-corrected chi connectivity index (χ1v) is 6.27. The van der Waals surface area contributed by atoms with Gasteiger partial charge >= 0.3 is 0 Å². The molecule has 0 bridgehead atoms. The van der Waals surface area contributed by atoms with Crippen LogP contribution in [0.15, 0.2) is 0 Å². The van der Waals surface area contributed by atoms with Gasteiger partial charge in [-0.1, -0.05) is 13.3 Å². The number of hydrogen-bond acceptors (Lipinski definition) is 6. The molecule has 2 N–H and O–H groups in total. The molecule has 7 heteroatoms. The van der Waals surface area contributed by atoms with Crippen LogP contribution < -0.4 is 10.2 Å². The number of nitrogens with one attached hydrogen (secondary N) is 1. The van der Waals surface area contributed by atoms with Crippen molar-refractivity contribution in [3.05, 3.63) is 5.28 Å². The summed E-state index contributed by atoms with van der Waals surface area (Å²) in [6, 6.07) is 0. The lowest BCUT2D eigenvalue weighted by Crippen LogP contribution is -2.33. The fraction of sp³-hybridized carbons (Fsp3) is 0.727. The average molecular weight is 274 g/mol. The van der Waals surface area contributed by atoms with Crippen LogP contribution in [0.2, 0.25) is 5.28 Å². The molecule has 0 saturated carbocycles. The highest BCUT2D eigenvalue weighted by molar-refractivity contribution is 6.28. The van der Waals surface area contributed by atoms with Gasteiger partial charge in [0.05, 0.1) is 5.60 Å². The van der Waals surface area contributed by atoms with Crippen molar-refractivity contribution in [3.8, 4) is 0 Å². The highest BCUT2D eigenvalue weighted by Gasteiger charge is 2.19. The molecule has 0 fully saturated rings. The molecule has 0 aliphatic rings. The molecule has 102 valence electrons. The minimum Gasteiger partial charge on any atom is -0.388 e. The van der Waals surface area contributed by atoms with Gasteiger partial charge in [0.25, 0.3) is 0 Å². The quantitative estimate of drug-likeness (QED) is 0.819. The van der Waals surface area contributed by atoms with Gasteiger partial charge in [-0.05, 0) is 24.9 Å². The predicted molar refractivity (Wildman–Crippen MR) is 73.2 cm³/mol. The van der Waals surface area contributed by atoms with Gasteiger partial charge in [-0.3, -0.25) is 0 Å². The second-order valence-electron chi connectivity index (χ2n) is 4.72. The SMILES string of the molecule is CCCC(C)(O)CNc1nc(Cl)nc(N(C)C)n1. The number of hydrogen-bond donors (Lipinski definition) is 2. The number of aromatic nitrogens is 3. The minimum atomic E-state index is -0.786. The molecule has 1 heterocycles. The van der Waals surface area contributed by atoms with Crippen LogP contribution in [0.3, 0.4) is 0 Å². The fourth-order valence-electron chi connectivity index (χ4n) is 1.52. The van der Waals surface area contributed by atoms with Crippen LogP contribution in [0.1, 0.15) is 26.7 Å². The lowest BCUT2D eigenvalue weighted by Gasteiger charge is -2.23. The van der Waals surface area contributed by atoms with E-state index in [4.69, 9.17) is 11.6 Å². The zero-order valence-electron chi connectivity index (χ0n) is 11.2. The van der Waals surface area contributed by atoms with Gasteiger partial charge in [-0.25, -0.2) is 0 Å². The molecule has 1 aromatic heterocycles. The highest BCUT2D eigenvalue weighted by atomic mass is 35.5. The van der Waals surface area contributed by atoms with Crippen molar-refractivity contribution in [3.63, 3.8) is 0 Å². The summed E-state index contributed by atoms with van der Waals surface area (Å²) in [7, 11) is 3.64. The molecule has 0 amide bonds. The number of nitrogens with zero attached hydrogens (tertiary/aromatic N) is 4. The van der Waals surface area contributed by atoms with Gasteiger partial charge in [0.1, 0.15) is 0 Å². The van der Waals surface area contributed by atoms with Crippen molar-refractivity contribution in [1.29, 1.82) is 0 Å². The minimum absolute atomic E-state index is 0.131. The smallest absolute Gasteiger partial charge is 0.230 e. The van der Waals surface area contributed by atoms with Gasteiger partial charge in [0.2, 0.25) is 17.2 Å². The number of rotatable bonds is 6. The number of aliphatic hydroxyl groups is 1. The maximum atomic E-state index is 10.0. The summed E-state index contributed by atoms with van der Waals surface area (Å²) in [5.41, 5.74) is -0.786. The second-order valence-corrected chi connectivity index (χ2v) is 5.06. The summed E-state index contributed by atoms with van der Waals surface area (Å²) in [4.78, 5) is 13.9. The maximum absolute atomic E-state index is 10.0. The largest absolute Gasteiger partial charge is 0.388 e. The first-order chi connectivity index (χ1) is 8.34. The Morgan fingerprint density at radius 2 is 2.00 bits per heavy atom. The summed E-state index contributed by atoms with van der Waals surface area (Å²) in [6.07, 6.45) is 1.62. The topological polar surface area (TPSA) is 74.2 Å². The van der Waals surface area contributed by atoms with Crippen LogP contribution in [0.5, 0.6) is 0 Å². The van der Waals surface area contributed by atoms with Gasteiger partial charge in [-0.2, -0.15) is 15.0 Å². The van der Waals surface area contributed by atoms with Gasteiger partial charge in [-0.15, -0.1) is 0 Å². The van der Waals surface area contributed by atoms with Crippen molar-refractivity contribution in [2.75, 3.05) is 30.9 Å². The summed E-state index contributed by atoms with van der Waals surface area (Å²) in [5.74, 6) is 0.850. The Labute approximate surface area is 112 Å². The summed E-state index contributed by atoms with van der Waals surface area (Å²) >= 11 is 5.81. The highest BCUT2D eigenvalue weighted by Crippen LogP contribution is 2.15. The Morgan fingerprint density at radius 1 is 1.33 bits per heavy atom. The van der Waals surface area contributed by atoms with Crippen molar-refractivity contribution < 1.29 is 5.11 Å². The normalized spacial score (nSPS) is 14.1. The summed E-state index contributed by atoms with van der Waals surface area (Å²) in [6.45, 7) is 4.17. The van der Waals surface area contributed by atoms with Crippen LogP contribution in [-0.2, 0) is 0 Å². The standard InChI is InChI=1S/C11H20ClN5O/c1-5-6-11(2,18)7-13-9-14-8(12)15-10(16-9)17(3)4/h18H,5-7H2,1-4H3,(H,13,14,15,16). The monoisotopic (exact) mass is 273 g/mol. The van der Waals surface area contributed by atoms with Crippen LogP contribution in [0, 0.1) is 0 Å². The summed E-state index contributed by atoms with van der Waals surface area (Å²) in [5, 5.41) is 13.2. The molecule has 1 aromatic rings. The molecule has 18 heavy (non-hydrogen) atoms. The van der Waals surface area contributed by atoms with E-state index in [1.807, 2.05) is 21.0 Å². The predicted octanol–water partition coefficient (Wildman–Crippen LogP) is 1.55. The van der Waals surface area contributed by atoms with Crippen LogP contribution >= 0.6 is 11.6 Å². The Kier molecular flexibility index (Phi) is 5.10. The van der Waals surface area contributed by atoms with Gasteiger partial charge < -0.3 is 15.3 Å². The van der Waals surface area contributed by atoms with Gasteiger partial charge in [0.15, 0.2) is 0 Å². The Balaban J connectivity index is 2.73. The molecular weight excluding hydrogens is 254 g/mol. The Bertz CT molecular complexity index is 397. The molecule has 0 aliphatic heterocycles. The Hall–Kier alpha value is -1.14. The van der Waals surface area contributed by atoms with E-state index in [0.717, 1.165) is 6.42 Å². The van der Waals surface area contributed by atoms with E-state index in [1.165, 1.54) is 0 Å². The first kappa shape index (κ1) is 14.9. The van der Waals surface area contributed by atoms with Crippen LogP contribution in [-0.4, -0.2) is 46.3 Å². The third-order valence-electron chi connectivity index (χ3n) is 2.41. The van der Waals surface area contributed by atoms with Crippen molar-refractivity contribution in [2.45, 2.75) is 32.3 Å². The van der Waals surface area contributed by atoms with E-state index in [-0.39, 0.29) is 5.28 Å². The molecule has 0 aliphatic carbocycles. The van der Waals surface area contributed by atoms with E-state index in [0.29, 0.717) is 24.9 Å². The third kappa shape index (κ3) is 4.62. The van der Waals surface area contributed by atoms with E-state index in [9.17, 15) is 5.11 Å². The van der Waals surface area contributed by atoms with Crippen molar-refractivity contribution in [2.24, 2.45) is 0 Å². The maximum Gasteiger partial charge on any atom is 0.230 e. The molecule has 0 saturated heterocycles.